The molecule has 0 radical (unpaired) electrons. The Morgan fingerprint density at radius 2 is 1.77 bits per heavy atom. The molecule has 3 aromatic carbocycles. The topological polar surface area (TPSA) is 102 Å². The van der Waals surface area contributed by atoms with Crippen LogP contribution in [0.15, 0.2) is 117 Å². The average molecular weight is 536 g/mol. The van der Waals surface area contributed by atoms with Crippen molar-refractivity contribution in [2.45, 2.75) is 19.2 Å². The van der Waals surface area contributed by atoms with Gasteiger partial charge in [0, 0.05) is 5.39 Å². The number of hydrogen-bond acceptors (Lipinski definition) is 7. The molecule has 1 atom stereocenters. The van der Waals surface area contributed by atoms with Gasteiger partial charge in [-0.15, -0.1) is 0 Å². The smallest absolute Gasteiger partial charge is 0.290 e. The summed E-state index contributed by atoms with van der Waals surface area (Å²) in [6.07, 6.45) is 1.50. The van der Waals surface area contributed by atoms with E-state index in [4.69, 9.17) is 18.3 Å². The second-order valence-electron chi connectivity index (χ2n) is 9.34. The Kier molecular flexibility index (Phi) is 6.57. The molecule has 0 aliphatic carbocycles. The van der Waals surface area contributed by atoms with Crippen molar-refractivity contribution in [1.82, 2.24) is 4.90 Å². The van der Waals surface area contributed by atoms with Crippen molar-refractivity contribution in [2.75, 3.05) is 7.11 Å². The van der Waals surface area contributed by atoms with E-state index in [0.717, 1.165) is 5.56 Å². The molecule has 0 spiro atoms. The van der Waals surface area contributed by atoms with Gasteiger partial charge in [-0.2, -0.15) is 0 Å². The molecule has 8 nitrogen and oxygen atoms in total. The zero-order valence-electron chi connectivity index (χ0n) is 21.6. The molecule has 0 saturated carbocycles. The number of hydrogen-bond donors (Lipinski definition) is 1. The minimum absolute atomic E-state index is 0.0125. The summed E-state index contributed by atoms with van der Waals surface area (Å²) < 4.78 is 22.6. The van der Waals surface area contributed by atoms with Crippen LogP contribution in [0.2, 0.25) is 0 Å². The molecule has 40 heavy (non-hydrogen) atoms. The number of aliphatic hydroxyl groups excluding tert-OH is 1. The molecule has 0 bridgehead atoms. The fourth-order valence-electron chi connectivity index (χ4n) is 4.89. The van der Waals surface area contributed by atoms with Crippen LogP contribution in [0.1, 0.15) is 33.5 Å². The van der Waals surface area contributed by atoms with Crippen molar-refractivity contribution < 1.29 is 33.0 Å². The highest BCUT2D eigenvalue weighted by Gasteiger charge is 2.45. The van der Waals surface area contributed by atoms with E-state index >= 15 is 0 Å². The minimum atomic E-state index is -0.886. The molecule has 8 heteroatoms. The van der Waals surface area contributed by atoms with Gasteiger partial charge in [0.1, 0.15) is 18.1 Å². The molecule has 2 aromatic heterocycles. The van der Waals surface area contributed by atoms with Gasteiger partial charge < -0.3 is 28.3 Å². The van der Waals surface area contributed by atoms with Crippen LogP contribution in [0.25, 0.3) is 11.0 Å². The molecular weight excluding hydrogens is 510 g/mol. The van der Waals surface area contributed by atoms with Crippen LogP contribution >= 0.6 is 0 Å². The summed E-state index contributed by atoms with van der Waals surface area (Å²) in [6, 6.07) is 26.3. The molecule has 6 rings (SSSR count). The molecular formula is C32H25NO7. The Morgan fingerprint density at radius 3 is 2.50 bits per heavy atom. The number of para-hydroxylation sites is 1. The van der Waals surface area contributed by atoms with Crippen LogP contribution in [0.3, 0.4) is 0 Å². The Balaban J connectivity index is 1.35. The maximum absolute atomic E-state index is 13.9. The van der Waals surface area contributed by atoms with Crippen molar-refractivity contribution in [2.24, 2.45) is 0 Å². The number of methoxy groups -OCH3 is 1. The Labute approximate surface area is 229 Å². The summed E-state index contributed by atoms with van der Waals surface area (Å²) in [7, 11) is 1.51. The quantitative estimate of drug-likeness (QED) is 0.218. The highest BCUT2D eigenvalue weighted by Crippen LogP contribution is 2.41. The Bertz CT molecular complexity index is 1700. The number of Topliss-reactive ketones (excluding diaryl/α,β-unsaturated/α-hetero) is 1. The number of rotatable bonds is 9. The van der Waals surface area contributed by atoms with Gasteiger partial charge in [-0.25, -0.2) is 0 Å². The number of furan rings is 2. The van der Waals surface area contributed by atoms with Crippen LogP contribution in [0, 0.1) is 0 Å². The minimum Gasteiger partial charge on any atom is -0.503 e. The molecule has 1 N–H and O–H groups in total. The lowest BCUT2D eigenvalue weighted by Gasteiger charge is -2.26. The maximum atomic E-state index is 13.9. The largest absolute Gasteiger partial charge is 0.503 e. The fraction of sp³-hybridized carbons (Fsp3) is 0.125. The maximum Gasteiger partial charge on any atom is 0.290 e. The first-order valence-electron chi connectivity index (χ1n) is 12.7. The van der Waals surface area contributed by atoms with Gasteiger partial charge in [0.25, 0.3) is 5.91 Å². The first kappa shape index (κ1) is 25.1. The lowest BCUT2D eigenvalue weighted by Crippen LogP contribution is -2.30. The van der Waals surface area contributed by atoms with E-state index in [2.05, 4.69) is 0 Å². The van der Waals surface area contributed by atoms with Crippen molar-refractivity contribution in [1.29, 1.82) is 0 Å². The fourth-order valence-corrected chi connectivity index (χ4v) is 4.89. The lowest BCUT2D eigenvalue weighted by atomic mass is 9.95. The van der Waals surface area contributed by atoms with Crippen LogP contribution < -0.4 is 9.47 Å². The van der Waals surface area contributed by atoms with Gasteiger partial charge in [0.2, 0.25) is 5.78 Å². The highest BCUT2D eigenvalue weighted by atomic mass is 16.5. The molecule has 200 valence electrons. The lowest BCUT2D eigenvalue weighted by molar-refractivity contribution is -0.130. The second-order valence-corrected chi connectivity index (χ2v) is 9.34. The van der Waals surface area contributed by atoms with Gasteiger partial charge in [-0.05, 0) is 47.5 Å². The number of carbonyl (C=O) groups excluding carboxylic acids is 2. The summed E-state index contributed by atoms with van der Waals surface area (Å²) in [4.78, 5) is 28.6. The third-order valence-corrected chi connectivity index (χ3v) is 6.85. The summed E-state index contributed by atoms with van der Waals surface area (Å²) >= 11 is 0. The molecule has 1 amide bonds. The van der Waals surface area contributed by atoms with Crippen LogP contribution in [-0.4, -0.2) is 28.8 Å². The van der Waals surface area contributed by atoms with E-state index in [1.165, 1.54) is 18.3 Å². The number of ketones is 1. The standard InChI is InChI=1S/C32H25NO7/c1-37-25-11-5-9-22-17-26(40-31(22)25)29(34)27-28(33(32(36)30(27)35)18-24-10-6-16-38-24)21-12-14-23(15-13-21)39-19-20-7-3-2-4-8-20/h2-17,28,35H,18-19H2,1H3. The summed E-state index contributed by atoms with van der Waals surface area (Å²) in [6.45, 7) is 0.449. The molecule has 5 aromatic rings. The van der Waals surface area contributed by atoms with Gasteiger partial charge in [0.05, 0.1) is 31.5 Å². The van der Waals surface area contributed by atoms with Crippen LogP contribution in [-0.2, 0) is 17.9 Å². The van der Waals surface area contributed by atoms with Crippen molar-refractivity contribution >= 4 is 22.7 Å². The zero-order chi connectivity index (χ0) is 27.6. The highest BCUT2D eigenvalue weighted by molar-refractivity contribution is 6.16. The van der Waals surface area contributed by atoms with Gasteiger partial charge in [-0.3, -0.25) is 9.59 Å². The normalized spacial score (nSPS) is 15.2. The predicted octanol–water partition coefficient (Wildman–Crippen LogP) is 6.39. The summed E-state index contributed by atoms with van der Waals surface area (Å²) in [5.41, 5.74) is 1.98. The van der Waals surface area contributed by atoms with Gasteiger partial charge in [-0.1, -0.05) is 54.6 Å². The third-order valence-electron chi connectivity index (χ3n) is 6.85. The van der Waals surface area contributed by atoms with E-state index < -0.39 is 23.5 Å². The van der Waals surface area contributed by atoms with Crippen molar-refractivity contribution in [3.05, 3.63) is 131 Å². The molecule has 3 heterocycles. The second kappa shape index (κ2) is 10.5. The number of aliphatic hydroxyl groups is 1. The first-order chi connectivity index (χ1) is 19.5. The van der Waals surface area contributed by atoms with E-state index in [0.29, 0.717) is 40.4 Å². The third kappa shape index (κ3) is 4.60. The molecule has 0 fully saturated rings. The van der Waals surface area contributed by atoms with Crippen LogP contribution in [0.5, 0.6) is 11.5 Å². The van der Waals surface area contributed by atoms with E-state index in [1.54, 1.807) is 60.7 Å². The number of amides is 1. The summed E-state index contributed by atoms with van der Waals surface area (Å²) in [5.74, 6) is -0.307. The monoisotopic (exact) mass is 535 g/mol. The first-order valence-corrected chi connectivity index (χ1v) is 12.7. The number of fused-ring (bicyclic) bond motifs is 1. The molecule has 1 aliphatic rings. The zero-order valence-corrected chi connectivity index (χ0v) is 21.6. The SMILES string of the molecule is COc1cccc2cc(C(=O)C3=C(O)C(=O)N(Cc4ccco4)C3c3ccc(OCc4ccccc4)cc3)oc12. The van der Waals surface area contributed by atoms with E-state index in [1.807, 2.05) is 30.3 Å². The molecule has 0 saturated heterocycles. The Hall–Kier alpha value is -5.24. The number of ether oxygens (including phenoxy) is 2. The van der Waals surface area contributed by atoms with E-state index in [-0.39, 0.29) is 17.9 Å². The van der Waals surface area contributed by atoms with Crippen molar-refractivity contribution in [3.63, 3.8) is 0 Å². The van der Waals surface area contributed by atoms with Gasteiger partial charge >= 0.3 is 0 Å². The van der Waals surface area contributed by atoms with Gasteiger partial charge in [0.15, 0.2) is 22.9 Å². The average Bonchev–Trinajstić information content (AvgIpc) is 3.72. The van der Waals surface area contributed by atoms with Crippen molar-refractivity contribution in [3.8, 4) is 11.5 Å². The molecule has 1 unspecified atom stereocenters. The van der Waals surface area contributed by atoms with E-state index in [9.17, 15) is 14.7 Å². The Morgan fingerprint density at radius 1 is 0.975 bits per heavy atom. The van der Waals surface area contributed by atoms with Crippen LogP contribution in [0.4, 0.5) is 0 Å². The number of nitrogens with zero attached hydrogens (tertiary/aromatic N) is 1. The molecule has 1 aliphatic heterocycles. The predicted molar refractivity (Wildman–Crippen MR) is 146 cm³/mol. The number of carbonyl (C=O) groups is 2. The summed E-state index contributed by atoms with van der Waals surface area (Å²) in [5, 5.41) is 11.7. The number of benzene rings is 3.